The van der Waals surface area contributed by atoms with Gasteiger partial charge in [0.1, 0.15) is 13.6 Å². The van der Waals surface area contributed by atoms with Crippen molar-refractivity contribution in [3.63, 3.8) is 0 Å². The molecule has 0 aliphatic heterocycles. The minimum atomic E-state index is 0.731. The normalized spacial score (nSPS) is 10.6. The first-order valence-corrected chi connectivity index (χ1v) is 4.84. The molecular weight excluding hydrogens is 185 g/mol. The topological polar surface area (TPSA) is 22.1 Å². The van der Waals surface area contributed by atoms with Gasteiger partial charge in [0.2, 0.25) is 0 Å². The number of pyridine rings is 1. The van der Waals surface area contributed by atoms with Gasteiger partial charge in [0, 0.05) is 17.1 Å². The van der Waals surface area contributed by atoms with Crippen molar-refractivity contribution in [2.75, 3.05) is 7.11 Å². The smallest absolute Gasteiger partial charge is 0.130 e. The highest BCUT2D eigenvalue weighted by atomic mass is 16.5. The molecule has 0 fully saturated rings. The van der Waals surface area contributed by atoms with Crippen LogP contribution in [-0.4, -0.2) is 19.9 Å². The quantitative estimate of drug-likeness (QED) is 0.648. The van der Waals surface area contributed by atoms with Gasteiger partial charge in [0.25, 0.3) is 0 Å². The van der Waals surface area contributed by atoms with E-state index in [1.807, 2.05) is 32.0 Å². The van der Waals surface area contributed by atoms with Crippen LogP contribution in [-0.2, 0) is 0 Å². The molecule has 3 heteroatoms. The summed E-state index contributed by atoms with van der Waals surface area (Å²) >= 11 is 0. The maximum Gasteiger partial charge on any atom is 0.130 e. The molecule has 1 aromatic heterocycles. The number of ether oxygens (including phenoxy) is 1. The molecule has 0 N–H and O–H groups in total. The summed E-state index contributed by atoms with van der Waals surface area (Å²) in [5.74, 6) is 0.823. The van der Waals surface area contributed by atoms with Crippen LogP contribution in [0.2, 0.25) is 0 Å². The lowest BCUT2D eigenvalue weighted by Crippen LogP contribution is -2.10. The van der Waals surface area contributed by atoms with E-state index in [0.717, 1.165) is 33.4 Å². The molecule has 74 valence electrons. The zero-order valence-electron chi connectivity index (χ0n) is 9.16. The van der Waals surface area contributed by atoms with Gasteiger partial charge in [-0.1, -0.05) is 17.1 Å². The fourth-order valence-electron chi connectivity index (χ4n) is 1.67. The molecule has 2 radical (unpaired) electrons. The van der Waals surface area contributed by atoms with Crippen molar-refractivity contribution >= 4 is 24.2 Å². The first-order chi connectivity index (χ1) is 7.13. The molecule has 15 heavy (non-hydrogen) atoms. The molecule has 2 aromatic rings. The van der Waals surface area contributed by atoms with E-state index < -0.39 is 0 Å². The van der Waals surface area contributed by atoms with Crippen LogP contribution in [0.5, 0.6) is 5.75 Å². The average molecular weight is 197 g/mol. The van der Waals surface area contributed by atoms with Gasteiger partial charge in [0.05, 0.1) is 12.6 Å². The molecular formula is C12H12BNO. The van der Waals surface area contributed by atoms with Gasteiger partial charge in [-0.3, -0.25) is 4.98 Å². The second-order valence-corrected chi connectivity index (χ2v) is 3.66. The molecule has 0 saturated heterocycles. The van der Waals surface area contributed by atoms with E-state index in [9.17, 15) is 0 Å². The van der Waals surface area contributed by atoms with Crippen molar-refractivity contribution in [2.24, 2.45) is 0 Å². The van der Waals surface area contributed by atoms with Crippen LogP contribution >= 0.6 is 0 Å². The summed E-state index contributed by atoms with van der Waals surface area (Å²) in [7, 11) is 7.65. The molecule has 0 spiro atoms. The molecule has 2 nitrogen and oxygen atoms in total. The third-order valence-electron chi connectivity index (χ3n) is 2.55. The monoisotopic (exact) mass is 197 g/mol. The summed E-state index contributed by atoms with van der Waals surface area (Å²) in [6.07, 6.45) is 0. The second-order valence-electron chi connectivity index (χ2n) is 3.66. The SMILES string of the molecule is [B]c1c(C)ccc2c(OC)cc(C)nc12. The maximum absolute atomic E-state index is 5.99. The number of benzene rings is 1. The van der Waals surface area contributed by atoms with Crippen molar-refractivity contribution in [3.05, 3.63) is 29.5 Å². The summed E-state index contributed by atoms with van der Waals surface area (Å²) in [5, 5.41) is 0.964. The Kier molecular flexibility index (Phi) is 2.39. The summed E-state index contributed by atoms with van der Waals surface area (Å²) in [5.41, 5.74) is 3.51. The maximum atomic E-state index is 5.99. The van der Waals surface area contributed by atoms with Crippen LogP contribution in [0.3, 0.4) is 0 Å². The van der Waals surface area contributed by atoms with Crippen molar-refractivity contribution in [1.29, 1.82) is 0 Å². The first kappa shape index (κ1) is 10.0. The predicted octanol–water partition coefficient (Wildman–Crippen LogP) is 1.65. The van der Waals surface area contributed by atoms with Gasteiger partial charge >= 0.3 is 0 Å². The van der Waals surface area contributed by atoms with Crippen molar-refractivity contribution in [1.82, 2.24) is 4.98 Å². The molecule has 0 amide bonds. The third kappa shape index (κ3) is 1.58. The van der Waals surface area contributed by atoms with E-state index in [1.165, 1.54) is 0 Å². The van der Waals surface area contributed by atoms with Crippen LogP contribution in [0.1, 0.15) is 11.3 Å². The summed E-state index contributed by atoms with van der Waals surface area (Å²) in [6.45, 7) is 3.91. The van der Waals surface area contributed by atoms with E-state index in [2.05, 4.69) is 4.98 Å². The lowest BCUT2D eigenvalue weighted by molar-refractivity contribution is 0.419. The van der Waals surface area contributed by atoms with Gasteiger partial charge in [0.15, 0.2) is 0 Å². The highest BCUT2D eigenvalue weighted by Gasteiger charge is 2.07. The zero-order chi connectivity index (χ0) is 11.0. The highest BCUT2D eigenvalue weighted by molar-refractivity contribution is 6.39. The van der Waals surface area contributed by atoms with Gasteiger partial charge < -0.3 is 4.74 Å². The Labute approximate surface area is 90.7 Å². The van der Waals surface area contributed by atoms with Crippen LogP contribution in [0, 0.1) is 13.8 Å². The largest absolute Gasteiger partial charge is 0.496 e. The summed E-state index contributed by atoms with van der Waals surface area (Å²) in [6, 6.07) is 5.89. The van der Waals surface area contributed by atoms with E-state index in [-0.39, 0.29) is 0 Å². The number of fused-ring (bicyclic) bond motifs is 1. The van der Waals surface area contributed by atoms with Gasteiger partial charge in [-0.2, -0.15) is 0 Å². The van der Waals surface area contributed by atoms with Crippen molar-refractivity contribution in [3.8, 4) is 5.75 Å². The molecule has 0 aliphatic carbocycles. The van der Waals surface area contributed by atoms with E-state index in [1.54, 1.807) is 7.11 Å². The van der Waals surface area contributed by atoms with Crippen molar-refractivity contribution in [2.45, 2.75) is 13.8 Å². The molecule has 0 unspecified atom stereocenters. The van der Waals surface area contributed by atoms with Gasteiger partial charge in [-0.05, 0) is 19.9 Å². The van der Waals surface area contributed by atoms with Crippen LogP contribution in [0.4, 0.5) is 0 Å². The Bertz CT molecular complexity index is 523. The summed E-state index contributed by atoms with van der Waals surface area (Å²) < 4.78 is 5.31. The molecule has 1 heterocycles. The number of hydrogen-bond donors (Lipinski definition) is 0. The first-order valence-electron chi connectivity index (χ1n) is 4.84. The minimum Gasteiger partial charge on any atom is -0.496 e. The zero-order valence-corrected chi connectivity index (χ0v) is 9.16. The van der Waals surface area contributed by atoms with Crippen LogP contribution in [0.25, 0.3) is 10.9 Å². The number of aryl methyl sites for hydroxylation is 2. The van der Waals surface area contributed by atoms with Crippen molar-refractivity contribution < 1.29 is 4.74 Å². The molecule has 0 aliphatic rings. The third-order valence-corrected chi connectivity index (χ3v) is 2.55. The highest BCUT2D eigenvalue weighted by Crippen LogP contribution is 2.24. The van der Waals surface area contributed by atoms with E-state index in [0.29, 0.717) is 0 Å². The Hall–Kier alpha value is -1.51. The van der Waals surface area contributed by atoms with Crippen LogP contribution in [0.15, 0.2) is 18.2 Å². The Balaban J connectivity index is 2.89. The Morgan fingerprint density at radius 1 is 1.27 bits per heavy atom. The van der Waals surface area contributed by atoms with E-state index in [4.69, 9.17) is 12.6 Å². The molecule has 0 saturated carbocycles. The molecule has 2 rings (SSSR count). The number of methoxy groups -OCH3 is 1. The van der Waals surface area contributed by atoms with E-state index >= 15 is 0 Å². The standard InChI is InChI=1S/C12H12BNO/c1-7-4-5-9-10(15-3)6-8(2)14-12(9)11(7)13/h4-6H,1-3H3. The average Bonchev–Trinajstić information content (AvgIpc) is 2.23. The lowest BCUT2D eigenvalue weighted by Gasteiger charge is -2.10. The summed E-state index contributed by atoms with van der Waals surface area (Å²) in [4.78, 5) is 4.44. The Morgan fingerprint density at radius 3 is 2.67 bits per heavy atom. The molecule has 1 aromatic carbocycles. The number of rotatable bonds is 1. The van der Waals surface area contributed by atoms with Gasteiger partial charge in [-0.25, -0.2) is 0 Å². The number of nitrogens with zero attached hydrogens (tertiary/aromatic N) is 1. The second kappa shape index (κ2) is 3.57. The Morgan fingerprint density at radius 2 is 2.00 bits per heavy atom. The minimum absolute atomic E-state index is 0.731. The predicted molar refractivity (Wildman–Crippen MR) is 63.2 cm³/mol. The fourth-order valence-corrected chi connectivity index (χ4v) is 1.67. The number of hydrogen-bond acceptors (Lipinski definition) is 2. The molecule has 0 atom stereocenters. The van der Waals surface area contributed by atoms with Gasteiger partial charge in [-0.15, -0.1) is 0 Å². The van der Waals surface area contributed by atoms with Crippen LogP contribution < -0.4 is 10.2 Å². The molecule has 0 bridgehead atoms. The number of aromatic nitrogens is 1. The lowest BCUT2D eigenvalue weighted by atomic mass is 9.88. The fraction of sp³-hybridized carbons (Fsp3) is 0.250.